The van der Waals surface area contributed by atoms with Crippen LogP contribution in [0.4, 0.5) is 13.2 Å². The Morgan fingerprint density at radius 3 is 2.53 bits per heavy atom. The van der Waals surface area contributed by atoms with E-state index in [9.17, 15) is 18.2 Å². The number of benzene rings is 2. The van der Waals surface area contributed by atoms with Crippen molar-refractivity contribution in [2.45, 2.75) is 31.8 Å². The van der Waals surface area contributed by atoms with Gasteiger partial charge < -0.3 is 19.6 Å². The number of fused-ring (bicyclic) bond motifs is 1. The monoisotopic (exact) mass is 417 g/mol. The predicted octanol–water partition coefficient (Wildman–Crippen LogP) is 4.55. The first-order valence-electron chi connectivity index (χ1n) is 9.94. The summed E-state index contributed by atoms with van der Waals surface area (Å²) in [6.07, 6.45) is -3.11. The predicted molar refractivity (Wildman–Crippen MR) is 110 cm³/mol. The van der Waals surface area contributed by atoms with Gasteiger partial charge in [-0.05, 0) is 68.5 Å². The average molecular weight is 417 g/mol. The fourth-order valence-corrected chi connectivity index (χ4v) is 4.18. The highest BCUT2D eigenvalue weighted by Crippen LogP contribution is 2.39. The second-order valence-electron chi connectivity index (χ2n) is 7.69. The normalized spacial score (nSPS) is 16.2. The van der Waals surface area contributed by atoms with Gasteiger partial charge in [0.2, 0.25) is 0 Å². The zero-order valence-electron chi connectivity index (χ0n) is 16.8. The number of para-hydroxylation sites is 1. The molecule has 158 valence electrons. The molecule has 1 aliphatic heterocycles. The maximum absolute atomic E-state index is 13.6. The van der Waals surface area contributed by atoms with Crippen LogP contribution in [0.3, 0.4) is 0 Å². The number of methoxy groups -OCH3 is 1. The van der Waals surface area contributed by atoms with E-state index in [1.807, 2.05) is 23.0 Å². The lowest BCUT2D eigenvalue weighted by Crippen LogP contribution is -2.42. The molecule has 9 heteroatoms. The van der Waals surface area contributed by atoms with Crippen molar-refractivity contribution in [3.8, 4) is 17.1 Å². The molecule has 1 fully saturated rings. The van der Waals surface area contributed by atoms with Crippen LogP contribution in [0.5, 0.6) is 5.75 Å². The molecule has 1 aromatic heterocycles. The minimum atomic E-state index is -4.45. The van der Waals surface area contributed by atoms with Gasteiger partial charge in [-0.1, -0.05) is 12.1 Å². The Morgan fingerprint density at radius 1 is 1.20 bits per heavy atom. The fourth-order valence-electron chi connectivity index (χ4n) is 4.18. The van der Waals surface area contributed by atoms with Crippen LogP contribution in [0.1, 0.15) is 29.9 Å². The van der Waals surface area contributed by atoms with Gasteiger partial charge in [0.05, 0.1) is 29.3 Å². The molecule has 0 aliphatic carbocycles. The molecule has 30 heavy (non-hydrogen) atoms. The Balaban J connectivity index is 1.81. The first-order chi connectivity index (χ1) is 14.3. The summed E-state index contributed by atoms with van der Waals surface area (Å²) in [6.45, 7) is 2.97. The lowest BCUT2D eigenvalue weighted by atomic mass is 9.79. The van der Waals surface area contributed by atoms with Gasteiger partial charge >= 0.3 is 13.2 Å². The summed E-state index contributed by atoms with van der Waals surface area (Å²) in [7, 11) is 0.988. The molecule has 0 saturated carbocycles. The van der Waals surface area contributed by atoms with Crippen molar-refractivity contribution in [1.82, 2.24) is 14.8 Å². The van der Waals surface area contributed by atoms with Crippen LogP contribution in [0.25, 0.3) is 22.4 Å². The van der Waals surface area contributed by atoms with Gasteiger partial charge in [0, 0.05) is 0 Å². The quantitative estimate of drug-likeness (QED) is 0.612. The van der Waals surface area contributed by atoms with E-state index in [1.54, 1.807) is 20.0 Å². The minimum Gasteiger partial charge on any atom is -0.496 e. The third-order valence-corrected chi connectivity index (χ3v) is 5.81. The number of H-pyrrole nitrogens is 1. The number of halogens is 3. The highest BCUT2D eigenvalue weighted by Gasteiger charge is 2.34. The summed E-state index contributed by atoms with van der Waals surface area (Å²) in [5, 5.41) is 9.78. The van der Waals surface area contributed by atoms with Gasteiger partial charge in [0.1, 0.15) is 11.6 Å². The fraction of sp³-hybridized carbons (Fsp3) is 0.381. The summed E-state index contributed by atoms with van der Waals surface area (Å²) in [4.78, 5) is 9.65. The van der Waals surface area contributed by atoms with Gasteiger partial charge in [-0.2, -0.15) is 13.2 Å². The van der Waals surface area contributed by atoms with Crippen molar-refractivity contribution in [1.29, 1.82) is 0 Å². The van der Waals surface area contributed by atoms with Crippen LogP contribution in [-0.2, 0) is 6.18 Å². The van der Waals surface area contributed by atoms with Gasteiger partial charge in [0.25, 0.3) is 0 Å². The number of aromatic amines is 1. The van der Waals surface area contributed by atoms with E-state index in [2.05, 4.69) is 9.97 Å². The standard InChI is InChI=1S/C21H23BF3N3O2/c1-22(29)28-9-7-13(8-10-28)16-11-14(21(23,24)25)12-17-19(16)27-20(26-17)15-5-3-4-6-18(15)30-2/h3-6,11-13,29H,7-10H2,1-2H3,(H,26,27). The first-order valence-corrected chi connectivity index (χ1v) is 9.94. The molecule has 2 heterocycles. The summed E-state index contributed by atoms with van der Waals surface area (Å²) < 4.78 is 46.1. The molecule has 0 spiro atoms. The van der Waals surface area contributed by atoms with Gasteiger partial charge in [0.15, 0.2) is 0 Å². The molecular formula is C21H23BF3N3O2. The Labute approximate surface area is 173 Å². The van der Waals surface area contributed by atoms with E-state index < -0.39 is 18.8 Å². The van der Waals surface area contributed by atoms with E-state index in [4.69, 9.17) is 4.74 Å². The van der Waals surface area contributed by atoms with Gasteiger partial charge in [-0.25, -0.2) is 4.98 Å². The molecule has 1 saturated heterocycles. The molecule has 3 aromatic rings. The molecular weight excluding hydrogens is 394 g/mol. The Morgan fingerprint density at radius 2 is 1.90 bits per heavy atom. The van der Waals surface area contributed by atoms with Crippen LogP contribution in [0.2, 0.25) is 6.82 Å². The van der Waals surface area contributed by atoms with Crippen LogP contribution in [0.15, 0.2) is 36.4 Å². The number of nitrogens with one attached hydrogen (secondary N) is 1. The number of alkyl halides is 3. The SMILES string of the molecule is COc1ccccc1-c1nc2cc(C(F)(F)F)cc(C3CCN(B(C)O)CC3)c2[nH]1. The molecule has 5 nitrogen and oxygen atoms in total. The van der Waals surface area contributed by atoms with Crippen molar-refractivity contribution in [3.63, 3.8) is 0 Å². The molecule has 0 bridgehead atoms. The summed E-state index contributed by atoms with van der Waals surface area (Å²) in [5.41, 5.74) is 1.54. The third-order valence-electron chi connectivity index (χ3n) is 5.81. The van der Waals surface area contributed by atoms with Crippen LogP contribution < -0.4 is 4.74 Å². The minimum absolute atomic E-state index is 0.0456. The van der Waals surface area contributed by atoms with E-state index in [0.29, 0.717) is 59.7 Å². The van der Waals surface area contributed by atoms with Crippen LogP contribution >= 0.6 is 0 Å². The number of rotatable bonds is 4. The molecule has 1 aliphatic rings. The third kappa shape index (κ3) is 3.91. The first kappa shape index (κ1) is 20.7. The lowest BCUT2D eigenvalue weighted by Gasteiger charge is -2.33. The smallest absolute Gasteiger partial charge is 0.416 e. The molecule has 2 N–H and O–H groups in total. The maximum atomic E-state index is 13.6. The van der Waals surface area contributed by atoms with Crippen molar-refractivity contribution in [3.05, 3.63) is 47.5 Å². The Bertz CT molecular complexity index is 1040. The van der Waals surface area contributed by atoms with Crippen molar-refractivity contribution in [2.24, 2.45) is 0 Å². The average Bonchev–Trinajstić information content (AvgIpc) is 3.16. The van der Waals surface area contributed by atoms with E-state index in [1.165, 1.54) is 6.07 Å². The van der Waals surface area contributed by atoms with E-state index in [-0.39, 0.29) is 5.92 Å². The highest BCUT2D eigenvalue weighted by atomic mass is 19.4. The van der Waals surface area contributed by atoms with Crippen molar-refractivity contribution in [2.75, 3.05) is 20.2 Å². The largest absolute Gasteiger partial charge is 0.496 e. The highest BCUT2D eigenvalue weighted by molar-refractivity contribution is 6.45. The van der Waals surface area contributed by atoms with Crippen LogP contribution in [0, 0.1) is 0 Å². The van der Waals surface area contributed by atoms with Gasteiger partial charge in [-0.15, -0.1) is 0 Å². The second kappa shape index (κ2) is 7.96. The molecule has 0 amide bonds. The Hall–Kier alpha value is -2.52. The molecule has 4 rings (SSSR count). The summed E-state index contributed by atoms with van der Waals surface area (Å²) in [6, 6.07) is 9.61. The van der Waals surface area contributed by atoms with E-state index >= 15 is 0 Å². The molecule has 2 aromatic carbocycles. The molecule has 0 unspecified atom stereocenters. The number of hydrogen-bond acceptors (Lipinski definition) is 4. The summed E-state index contributed by atoms with van der Waals surface area (Å²) >= 11 is 0. The van der Waals surface area contributed by atoms with Gasteiger partial charge in [-0.3, -0.25) is 0 Å². The molecule has 0 radical (unpaired) electrons. The topological polar surface area (TPSA) is 61.4 Å². The summed E-state index contributed by atoms with van der Waals surface area (Å²) in [5.74, 6) is 1.03. The van der Waals surface area contributed by atoms with Crippen molar-refractivity contribution >= 4 is 18.1 Å². The van der Waals surface area contributed by atoms with Crippen molar-refractivity contribution < 1.29 is 22.9 Å². The zero-order valence-corrected chi connectivity index (χ0v) is 16.8. The van der Waals surface area contributed by atoms with E-state index in [0.717, 1.165) is 6.07 Å². The number of ether oxygens (including phenoxy) is 1. The number of aromatic nitrogens is 2. The number of imidazole rings is 1. The molecule has 0 atom stereocenters. The number of hydrogen-bond donors (Lipinski definition) is 2. The lowest BCUT2D eigenvalue weighted by molar-refractivity contribution is -0.137. The number of nitrogens with zero attached hydrogens (tertiary/aromatic N) is 2. The van der Waals surface area contributed by atoms with Crippen LogP contribution in [-0.4, -0.2) is 47.1 Å². The number of piperidine rings is 1. The Kier molecular flexibility index (Phi) is 5.50. The maximum Gasteiger partial charge on any atom is 0.416 e. The second-order valence-corrected chi connectivity index (χ2v) is 7.69. The zero-order chi connectivity index (χ0) is 21.5.